The summed E-state index contributed by atoms with van der Waals surface area (Å²) in [5.74, 6) is 0. The zero-order valence-corrected chi connectivity index (χ0v) is 13.1. The van der Waals surface area contributed by atoms with Gasteiger partial charge in [0.15, 0.2) is 0 Å². The van der Waals surface area contributed by atoms with Crippen molar-refractivity contribution in [3.63, 3.8) is 0 Å². The van der Waals surface area contributed by atoms with Crippen molar-refractivity contribution in [3.05, 3.63) is 0 Å². The molecule has 0 heterocycles. The maximum absolute atomic E-state index is 5.87. The molecule has 0 amide bonds. The average Bonchev–Trinajstić information content (AvgIpc) is 1.56. The summed E-state index contributed by atoms with van der Waals surface area (Å²) >= 11 is 6.71. The third-order valence-electron chi connectivity index (χ3n) is 1.39. The molecule has 0 spiro atoms. The molecule has 1 atom stereocenters. The van der Waals surface area contributed by atoms with Gasteiger partial charge in [-0.1, -0.05) is 0 Å². The van der Waals surface area contributed by atoms with Crippen LogP contribution in [0, 0.1) is 5.41 Å². The van der Waals surface area contributed by atoms with E-state index in [1.165, 1.54) is 0 Å². The van der Waals surface area contributed by atoms with Crippen LogP contribution in [0.1, 0.15) is 20.3 Å². The van der Waals surface area contributed by atoms with Gasteiger partial charge in [-0.3, -0.25) is 0 Å². The van der Waals surface area contributed by atoms with Crippen molar-refractivity contribution in [1.29, 1.82) is 0 Å². The van der Waals surface area contributed by atoms with Gasteiger partial charge in [0.25, 0.3) is 0 Å². The Morgan fingerprint density at radius 1 is 1.45 bits per heavy atom. The topological polar surface area (TPSA) is 52.0 Å². The summed E-state index contributed by atoms with van der Waals surface area (Å²) in [5.41, 5.74) is 11.8. The number of nitrogens with two attached hydrogens (primary N) is 2. The molecule has 1 unspecified atom stereocenters. The van der Waals surface area contributed by atoms with Crippen molar-refractivity contribution in [1.82, 2.24) is 0 Å². The third kappa shape index (κ3) is 6.18. The van der Waals surface area contributed by atoms with E-state index in [4.69, 9.17) is 11.5 Å². The molecule has 0 aliphatic carbocycles. The van der Waals surface area contributed by atoms with Gasteiger partial charge in [-0.05, 0) is 0 Å². The number of hydrogen-bond donors (Lipinski definition) is 2. The molecule has 5 heteroatoms. The van der Waals surface area contributed by atoms with Crippen LogP contribution in [-0.2, 0) is 19.8 Å². The second-order valence-corrected chi connectivity index (χ2v) is 10.6. The molecule has 0 aromatic heterocycles. The minimum absolute atomic E-state index is 0.110. The van der Waals surface area contributed by atoms with E-state index >= 15 is 0 Å². The predicted molar refractivity (Wildman–Crippen MR) is 61.3 cm³/mol. The molecule has 0 bridgehead atoms. The van der Waals surface area contributed by atoms with Crippen molar-refractivity contribution >= 4 is 45.2 Å². The Bertz CT molecular complexity index is 131. The number of rotatable bonds is 3. The van der Waals surface area contributed by atoms with E-state index in [-0.39, 0.29) is 11.4 Å². The zero-order chi connectivity index (χ0) is 9.28. The summed E-state index contributed by atoms with van der Waals surface area (Å²) in [4.78, 5) is 0. The average molecular weight is 562 g/mol. The summed E-state index contributed by atoms with van der Waals surface area (Å²) in [6, 6.07) is 0. The van der Waals surface area contributed by atoms with E-state index in [0.29, 0.717) is 0 Å². The number of halogens is 2. The molecule has 2 nitrogen and oxygen atoms in total. The quantitative estimate of drug-likeness (QED) is 0.313. The van der Waals surface area contributed by atoms with E-state index in [9.17, 15) is 0 Å². The maximum atomic E-state index is 5.87. The van der Waals surface area contributed by atoms with Gasteiger partial charge in [-0.2, -0.15) is 0 Å². The molecule has 0 fully saturated rings. The van der Waals surface area contributed by atoms with Gasteiger partial charge in [-0.15, -0.1) is 0 Å². The molecule has 0 rings (SSSR count). The van der Waals surface area contributed by atoms with Gasteiger partial charge in [0.1, 0.15) is 0 Å². The molecule has 0 radical (unpaired) electrons. The minimum atomic E-state index is -0.178. The van der Waals surface area contributed by atoms with Crippen LogP contribution >= 0.6 is 45.2 Å². The van der Waals surface area contributed by atoms with Gasteiger partial charge < -0.3 is 0 Å². The van der Waals surface area contributed by atoms with E-state index in [0.717, 1.165) is 6.42 Å². The van der Waals surface area contributed by atoms with Crippen LogP contribution in [0.4, 0.5) is 0 Å². The van der Waals surface area contributed by atoms with Crippen LogP contribution in [0.3, 0.4) is 0 Å². The van der Waals surface area contributed by atoms with Gasteiger partial charge in [0.05, 0.1) is 0 Å². The number of hydrogen-bond acceptors (Lipinski definition) is 2. The predicted octanol–water partition coefficient (Wildman–Crippen LogP) is 1.72. The van der Waals surface area contributed by atoms with Gasteiger partial charge in [0, 0.05) is 0 Å². The summed E-state index contributed by atoms with van der Waals surface area (Å²) in [6.07, 6.45) is 0.922. The molecule has 0 aromatic carbocycles. The van der Waals surface area contributed by atoms with Gasteiger partial charge >= 0.3 is 108 Å². The van der Waals surface area contributed by atoms with E-state index < -0.39 is 0 Å². The molecule has 11 heavy (non-hydrogen) atoms. The fourth-order valence-corrected chi connectivity index (χ4v) is 2.90. The Hall–Kier alpha value is 2.07. The first-order valence-electron chi connectivity index (χ1n) is 3.18. The molecule has 0 aromatic rings. The normalized spacial score (nSPS) is 16.7. The molecule has 0 aliphatic rings. The fraction of sp³-hybridized carbons (Fsp3) is 1.00. The Morgan fingerprint density at radius 3 is 1.91 bits per heavy atom. The van der Waals surface area contributed by atoms with Crippen molar-refractivity contribution in [2.45, 2.75) is 26.3 Å². The van der Waals surface area contributed by atoms with Crippen LogP contribution in [0.5, 0.6) is 0 Å². The first-order chi connectivity index (χ1) is 4.65. The van der Waals surface area contributed by atoms with Crippen molar-refractivity contribution in [2.75, 3.05) is 0 Å². The van der Waals surface area contributed by atoms with Crippen LogP contribution in [0.15, 0.2) is 0 Å². The number of alkyl halides is 2. The summed E-state index contributed by atoms with van der Waals surface area (Å²) < 4.78 is -0.0164. The fourth-order valence-electron chi connectivity index (χ4n) is 0.699. The first kappa shape index (κ1) is 13.1. The van der Waals surface area contributed by atoms with Crippen LogP contribution in [0.25, 0.3) is 0 Å². The first-order valence-corrected chi connectivity index (χ1v) is 6.65. The van der Waals surface area contributed by atoms with Crippen LogP contribution in [0.2, 0.25) is 0 Å². The molecular formula is C6H13I2N2Pt. The summed E-state index contributed by atoms with van der Waals surface area (Å²) in [7, 11) is 0. The Morgan fingerprint density at radius 2 is 1.82 bits per heavy atom. The van der Waals surface area contributed by atoms with Gasteiger partial charge in [-0.25, -0.2) is 0 Å². The Labute approximate surface area is 107 Å². The molecule has 71 valence electrons. The molecule has 0 aliphatic heterocycles. The van der Waals surface area contributed by atoms with E-state index in [1.807, 2.05) is 0 Å². The van der Waals surface area contributed by atoms with E-state index in [1.54, 1.807) is 0 Å². The second-order valence-electron chi connectivity index (χ2n) is 3.29. The molecular weight excluding hydrogens is 549 g/mol. The SMILES string of the molecule is CC(C)(CC(N)(I)I)[CH](N)[Pt]. The Balaban J connectivity index is 4.13. The summed E-state index contributed by atoms with van der Waals surface area (Å²) in [5, 5.41) is 0. The third-order valence-corrected chi connectivity index (χ3v) is 3.93. The molecule has 4 N–H and O–H groups in total. The standard InChI is InChI=1S/C6H13I2N2.Pt/c1-5(2,4-9)3-6(7,8)10;/h4H,3,9-10H2,1-2H3;. The second kappa shape index (κ2) is 4.53. The van der Waals surface area contributed by atoms with Crippen molar-refractivity contribution in [3.8, 4) is 0 Å². The molecule has 0 saturated carbocycles. The van der Waals surface area contributed by atoms with Crippen LogP contribution in [-0.4, -0.2) is 5.98 Å². The summed E-state index contributed by atoms with van der Waals surface area (Å²) in [6.45, 7) is 4.28. The monoisotopic (exact) mass is 562 g/mol. The van der Waals surface area contributed by atoms with Crippen molar-refractivity contribution < 1.29 is 19.8 Å². The Kier molecular flexibility index (Phi) is 5.38. The van der Waals surface area contributed by atoms with Crippen LogP contribution < -0.4 is 11.5 Å². The molecule has 0 saturated heterocycles. The zero-order valence-electron chi connectivity index (χ0n) is 6.51. The van der Waals surface area contributed by atoms with Crippen molar-refractivity contribution in [2.24, 2.45) is 16.9 Å². The van der Waals surface area contributed by atoms with E-state index in [2.05, 4.69) is 78.8 Å². The van der Waals surface area contributed by atoms with Gasteiger partial charge in [0.2, 0.25) is 0 Å².